The van der Waals surface area contributed by atoms with Crippen molar-refractivity contribution in [1.82, 2.24) is 0 Å². The van der Waals surface area contributed by atoms with Gasteiger partial charge in [0.15, 0.2) is 0 Å². The van der Waals surface area contributed by atoms with Gasteiger partial charge in [-0.25, -0.2) is 0 Å². The van der Waals surface area contributed by atoms with Gasteiger partial charge in [0.25, 0.3) is 0 Å². The molecule has 0 bridgehead atoms. The third-order valence-electron chi connectivity index (χ3n) is 0.292. The Hall–Kier alpha value is -0.630. The van der Waals surface area contributed by atoms with Crippen LogP contribution in [0.4, 0.5) is 13.2 Å². The quantitative estimate of drug-likeness (QED) is 0.476. The van der Waals surface area contributed by atoms with Gasteiger partial charge < -0.3 is 4.79 Å². The number of halogens is 3. The van der Waals surface area contributed by atoms with Crippen LogP contribution in [0.2, 0.25) is 0 Å². The molecule has 0 atom stereocenters. The molecular formula is C4H7F3O4S. The van der Waals surface area contributed by atoms with Gasteiger partial charge in [-0.1, -0.05) is 0 Å². The number of rotatable bonds is 0. The van der Waals surface area contributed by atoms with Gasteiger partial charge in [-0.15, -0.1) is 0 Å². The second-order valence-electron chi connectivity index (χ2n) is 1.83. The predicted octanol–water partition coefficient (Wildman–Crippen LogP) is 0.989. The van der Waals surface area contributed by atoms with E-state index in [9.17, 15) is 18.0 Å². The summed E-state index contributed by atoms with van der Waals surface area (Å²) in [6.45, 7) is 3.06. The highest BCUT2D eigenvalue weighted by Crippen LogP contribution is 2.20. The van der Waals surface area contributed by atoms with Crippen molar-refractivity contribution >= 4 is 15.9 Å². The highest BCUT2D eigenvalue weighted by molar-refractivity contribution is 7.86. The lowest BCUT2D eigenvalue weighted by Gasteiger charge is -1.97. The van der Waals surface area contributed by atoms with Crippen LogP contribution in [0.15, 0.2) is 0 Å². The first-order valence-corrected chi connectivity index (χ1v) is 3.93. The van der Waals surface area contributed by atoms with Gasteiger partial charge in [-0.05, 0) is 13.8 Å². The van der Waals surface area contributed by atoms with Gasteiger partial charge in [0.2, 0.25) is 0 Å². The molecule has 74 valence electrons. The van der Waals surface area contributed by atoms with Crippen LogP contribution in [0.5, 0.6) is 0 Å². The summed E-state index contributed by atoms with van der Waals surface area (Å²) in [7, 11) is -5.84. The van der Waals surface area contributed by atoms with E-state index in [0.717, 1.165) is 0 Å². The molecule has 0 saturated carbocycles. The Bertz CT molecular complexity index is 236. The van der Waals surface area contributed by atoms with Crippen LogP contribution in [-0.4, -0.2) is 24.3 Å². The lowest BCUT2D eigenvalue weighted by molar-refractivity contribution is -0.115. The van der Waals surface area contributed by atoms with Crippen molar-refractivity contribution < 1.29 is 30.9 Å². The molecule has 8 heteroatoms. The highest BCUT2D eigenvalue weighted by atomic mass is 32.2. The second-order valence-corrected chi connectivity index (χ2v) is 3.24. The third-order valence-corrected chi connectivity index (χ3v) is 0.877. The van der Waals surface area contributed by atoms with E-state index < -0.39 is 15.6 Å². The van der Waals surface area contributed by atoms with E-state index in [2.05, 4.69) is 0 Å². The molecule has 0 amide bonds. The minimum absolute atomic E-state index is 0.167. The molecule has 0 aromatic carbocycles. The molecule has 4 nitrogen and oxygen atoms in total. The summed E-state index contributed by atoms with van der Waals surface area (Å²) < 4.78 is 57.5. The van der Waals surface area contributed by atoms with Gasteiger partial charge in [-0.2, -0.15) is 21.6 Å². The minimum atomic E-state index is -5.84. The minimum Gasteiger partial charge on any atom is -0.300 e. The van der Waals surface area contributed by atoms with Crippen LogP contribution >= 0.6 is 0 Å². The van der Waals surface area contributed by atoms with Crippen molar-refractivity contribution in [2.75, 3.05) is 0 Å². The Morgan fingerprint density at radius 1 is 1.25 bits per heavy atom. The largest absolute Gasteiger partial charge is 0.522 e. The van der Waals surface area contributed by atoms with Gasteiger partial charge >= 0.3 is 15.6 Å². The highest BCUT2D eigenvalue weighted by Gasteiger charge is 2.44. The maximum atomic E-state index is 10.7. The zero-order valence-corrected chi connectivity index (χ0v) is 7.03. The van der Waals surface area contributed by atoms with Crippen LogP contribution < -0.4 is 0 Å². The Labute approximate surface area is 67.1 Å². The van der Waals surface area contributed by atoms with E-state index in [1.165, 1.54) is 13.8 Å². The van der Waals surface area contributed by atoms with E-state index in [0.29, 0.717) is 0 Å². The molecule has 0 aliphatic heterocycles. The Kier molecular flexibility index (Phi) is 5.12. The fourth-order valence-electron chi connectivity index (χ4n) is 0. The number of Topliss-reactive ketones (excluding diaryl/α,β-unsaturated/α-hetero) is 1. The van der Waals surface area contributed by atoms with Crippen molar-refractivity contribution in [3.8, 4) is 0 Å². The van der Waals surface area contributed by atoms with Crippen LogP contribution in [0, 0.1) is 0 Å². The van der Waals surface area contributed by atoms with E-state index in [1.54, 1.807) is 0 Å². The van der Waals surface area contributed by atoms with Crippen molar-refractivity contribution in [2.24, 2.45) is 0 Å². The first-order chi connectivity index (χ1) is 4.98. The van der Waals surface area contributed by atoms with Gasteiger partial charge in [0.1, 0.15) is 5.78 Å². The zero-order valence-electron chi connectivity index (χ0n) is 6.21. The molecule has 0 aliphatic carbocycles. The van der Waals surface area contributed by atoms with Crippen LogP contribution in [0.3, 0.4) is 0 Å². The second kappa shape index (κ2) is 4.41. The number of hydrogen-bond donors (Lipinski definition) is 1. The van der Waals surface area contributed by atoms with E-state index in [1.807, 2.05) is 0 Å². The summed E-state index contributed by atoms with van der Waals surface area (Å²) in [5.74, 6) is 0.167. The molecule has 0 heterocycles. The van der Waals surface area contributed by atoms with E-state index >= 15 is 0 Å². The molecular weight excluding hydrogens is 201 g/mol. The third kappa shape index (κ3) is 9.37. The van der Waals surface area contributed by atoms with Gasteiger partial charge in [0, 0.05) is 0 Å². The SMILES string of the molecule is CC(C)=O.O=S(=O)(O)C(F)(F)F. The Morgan fingerprint density at radius 2 is 1.33 bits per heavy atom. The molecule has 0 spiro atoms. The maximum Gasteiger partial charge on any atom is 0.522 e. The molecule has 12 heavy (non-hydrogen) atoms. The fraction of sp³-hybridized carbons (Fsp3) is 0.750. The summed E-state index contributed by atoms with van der Waals surface area (Å²) in [6, 6.07) is 0. The summed E-state index contributed by atoms with van der Waals surface area (Å²) in [6.07, 6.45) is 0. The molecule has 0 radical (unpaired) electrons. The number of alkyl halides is 3. The number of carbonyl (C=O) groups excluding carboxylic acids is 1. The molecule has 0 saturated heterocycles. The molecule has 0 unspecified atom stereocenters. The van der Waals surface area contributed by atoms with E-state index in [-0.39, 0.29) is 5.78 Å². The number of hydrogen-bond acceptors (Lipinski definition) is 3. The molecule has 1 N–H and O–H groups in total. The standard InChI is InChI=1S/C3H6O.CHF3O3S/c1-3(2)4;2-1(3,4)8(5,6)7/h1-2H3;(H,5,6,7). The normalized spacial score (nSPS) is 11.5. The average Bonchev–Trinajstić information content (AvgIpc) is 1.55. The molecule has 0 rings (SSSR count). The fourth-order valence-corrected chi connectivity index (χ4v) is 0. The monoisotopic (exact) mass is 208 g/mol. The van der Waals surface area contributed by atoms with Crippen molar-refractivity contribution in [1.29, 1.82) is 0 Å². The molecule has 0 aliphatic rings. The first kappa shape index (κ1) is 13.9. The average molecular weight is 208 g/mol. The van der Waals surface area contributed by atoms with Crippen molar-refractivity contribution in [3.05, 3.63) is 0 Å². The smallest absolute Gasteiger partial charge is 0.300 e. The van der Waals surface area contributed by atoms with Crippen molar-refractivity contribution in [3.63, 3.8) is 0 Å². The van der Waals surface area contributed by atoms with Crippen molar-refractivity contribution in [2.45, 2.75) is 19.4 Å². The zero-order chi connectivity index (χ0) is 10.6. The summed E-state index contributed by atoms with van der Waals surface area (Å²) >= 11 is 0. The number of ketones is 1. The summed E-state index contributed by atoms with van der Waals surface area (Å²) in [5.41, 5.74) is -5.53. The number of carbonyl (C=O) groups is 1. The maximum absolute atomic E-state index is 10.7. The predicted molar refractivity (Wildman–Crippen MR) is 34.0 cm³/mol. The van der Waals surface area contributed by atoms with Crippen LogP contribution in [0.25, 0.3) is 0 Å². The van der Waals surface area contributed by atoms with E-state index in [4.69, 9.17) is 13.0 Å². The Balaban J connectivity index is 0. The molecule has 0 aromatic rings. The van der Waals surface area contributed by atoms with Crippen LogP contribution in [-0.2, 0) is 14.9 Å². The van der Waals surface area contributed by atoms with Gasteiger partial charge in [-0.3, -0.25) is 4.55 Å². The summed E-state index contributed by atoms with van der Waals surface area (Å²) in [4.78, 5) is 9.44. The lowest BCUT2D eigenvalue weighted by atomic mass is 10.6. The van der Waals surface area contributed by atoms with Crippen LogP contribution in [0.1, 0.15) is 13.8 Å². The molecule has 0 aromatic heterocycles. The first-order valence-electron chi connectivity index (χ1n) is 2.49. The lowest BCUT2D eigenvalue weighted by Crippen LogP contribution is -2.21. The Morgan fingerprint density at radius 3 is 1.33 bits per heavy atom. The van der Waals surface area contributed by atoms with Gasteiger partial charge in [0.05, 0.1) is 0 Å². The topological polar surface area (TPSA) is 71.4 Å². The summed E-state index contributed by atoms with van der Waals surface area (Å²) in [5, 5.41) is 0. The molecule has 0 fully saturated rings.